The Morgan fingerprint density at radius 3 is 2.62 bits per heavy atom. The molecule has 0 radical (unpaired) electrons. The Labute approximate surface area is 160 Å². The molecule has 0 unspecified atom stereocenters. The van der Waals surface area contributed by atoms with Gasteiger partial charge in [-0.2, -0.15) is 0 Å². The number of fused-ring (bicyclic) bond motifs is 1. The topological polar surface area (TPSA) is 25.2 Å². The third-order valence-electron chi connectivity index (χ3n) is 4.84. The molecular weight excluding hydrogens is 387 g/mol. The maximum absolute atomic E-state index is 13.1. The zero-order valence-corrected chi connectivity index (χ0v) is 16.6. The Balaban J connectivity index is 1.68. The number of hydrogen-bond donors (Lipinski definition) is 0. The average Bonchev–Trinajstić information content (AvgIpc) is 3.03. The number of rotatable bonds is 5. The Morgan fingerprint density at radius 2 is 1.85 bits per heavy atom. The van der Waals surface area contributed by atoms with Gasteiger partial charge in [-0.25, -0.2) is 0 Å². The van der Waals surface area contributed by atoms with Crippen molar-refractivity contribution in [1.29, 1.82) is 0 Å². The zero-order chi connectivity index (χ0) is 17.9. The van der Waals surface area contributed by atoms with Gasteiger partial charge >= 0.3 is 160 Å². The summed E-state index contributed by atoms with van der Waals surface area (Å²) in [5, 5.41) is 1.15. The first-order chi connectivity index (χ1) is 12.7. The first-order valence-corrected chi connectivity index (χ1v) is 10.6. The molecule has 0 atom stereocenters. The molecule has 0 spiro atoms. The van der Waals surface area contributed by atoms with Crippen molar-refractivity contribution in [3.63, 3.8) is 0 Å². The molecule has 0 amide bonds. The molecule has 0 saturated carbocycles. The SMILES string of the molecule is CN1CC=C(Cn2c(C(=O)[Se]c3ccccc3)cc3ccccc32)CC1. The van der Waals surface area contributed by atoms with Crippen molar-refractivity contribution in [1.82, 2.24) is 9.47 Å². The zero-order valence-electron chi connectivity index (χ0n) is 14.9. The van der Waals surface area contributed by atoms with Crippen LogP contribution in [0.5, 0.6) is 0 Å². The number of likely N-dealkylation sites (N-methyl/N-ethyl adjacent to an activating group) is 1. The first-order valence-electron chi connectivity index (χ1n) is 8.92. The molecule has 2 heterocycles. The summed E-state index contributed by atoms with van der Waals surface area (Å²) in [5.41, 5.74) is 3.42. The fourth-order valence-corrected chi connectivity index (χ4v) is 5.00. The predicted octanol–water partition coefficient (Wildman–Crippen LogP) is 3.07. The molecule has 26 heavy (non-hydrogen) atoms. The standard InChI is InChI=1S/C22H22N2OSe/c1-23-13-11-17(12-14-23)16-24-20-10-6-5-7-18(20)15-21(24)22(25)26-19-8-3-2-4-9-19/h2-11,15H,12-14,16H2,1H3. The third-order valence-corrected chi connectivity index (χ3v) is 6.73. The van der Waals surface area contributed by atoms with Crippen molar-refractivity contribution in [2.24, 2.45) is 0 Å². The van der Waals surface area contributed by atoms with Crippen molar-refractivity contribution < 1.29 is 4.79 Å². The van der Waals surface area contributed by atoms with E-state index in [1.54, 1.807) is 0 Å². The van der Waals surface area contributed by atoms with Crippen molar-refractivity contribution in [3.8, 4) is 0 Å². The summed E-state index contributed by atoms with van der Waals surface area (Å²) in [6.07, 6.45) is 3.38. The Morgan fingerprint density at radius 1 is 1.08 bits per heavy atom. The molecule has 4 rings (SSSR count). The normalized spacial score (nSPS) is 15.2. The number of benzene rings is 2. The van der Waals surface area contributed by atoms with Gasteiger partial charge in [0.15, 0.2) is 0 Å². The number of aromatic nitrogens is 1. The molecule has 1 aromatic heterocycles. The van der Waals surface area contributed by atoms with E-state index in [9.17, 15) is 4.79 Å². The summed E-state index contributed by atoms with van der Waals surface area (Å²) in [7, 11) is 2.15. The van der Waals surface area contributed by atoms with Crippen LogP contribution < -0.4 is 4.46 Å². The van der Waals surface area contributed by atoms with Gasteiger partial charge in [0, 0.05) is 0 Å². The molecule has 132 valence electrons. The third kappa shape index (κ3) is 3.68. The van der Waals surface area contributed by atoms with Crippen molar-refractivity contribution in [3.05, 3.63) is 78.0 Å². The van der Waals surface area contributed by atoms with E-state index < -0.39 is 0 Å². The number of nitrogens with zero attached hydrogens (tertiary/aromatic N) is 2. The van der Waals surface area contributed by atoms with E-state index in [-0.39, 0.29) is 19.6 Å². The van der Waals surface area contributed by atoms with E-state index in [1.807, 2.05) is 36.4 Å². The van der Waals surface area contributed by atoms with E-state index in [0.717, 1.165) is 47.1 Å². The molecule has 3 nitrogen and oxygen atoms in total. The minimum absolute atomic E-state index is 0.200. The molecule has 2 aromatic carbocycles. The van der Waals surface area contributed by atoms with E-state index in [2.05, 4.69) is 46.9 Å². The van der Waals surface area contributed by atoms with E-state index in [0.29, 0.717) is 0 Å². The summed E-state index contributed by atoms with van der Waals surface area (Å²) in [6, 6.07) is 20.5. The van der Waals surface area contributed by atoms with Crippen LogP contribution in [0.2, 0.25) is 0 Å². The van der Waals surface area contributed by atoms with Gasteiger partial charge in [-0.15, -0.1) is 0 Å². The maximum atomic E-state index is 13.1. The monoisotopic (exact) mass is 410 g/mol. The average molecular weight is 409 g/mol. The van der Waals surface area contributed by atoms with Crippen LogP contribution in [-0.4, -0.2) is 49.2 Å². The molecule has 1 aliphatic heterocycles. The fourth-order valence-electron chi connectivity index (χ4n) is 3.36. The number of carbonyl (C=O) groups is 1. The molecule has 0 N–H and O–H groups in total. The van der Waals surface area contributed by atoms with Gasteiger partial charge in [-0.3, -0.25) is 0 Å². The molecule has 4 heteroatoms. The first kappa shape index (κ1) is 17.3. The van der Waals surface area contributed by atoms with Crippen LogP contribution in [0.4, 0.5) is 0 Å². The van der Waals surface area contributed by atoms with Gasteiger partial charge in [-0.1, -0.05) is 0 Å². The Bertz CT molecular complexity index is 959. The molecule has 3 aromatic rings. The summed E-state index contributed by atoms with van der Waals surface area (Å²) >= 11 is -0.200. The van der Waals surface area contributed by atoms with Gasteiger partial charge in [-0.05, 0) is 0 Å². The minimum atomic E-state index is -0.200. The van der Waals surface area contributed by atoms with E-state index in [1.165, 1.54) is 5.57 Å². The molecule has 1 aliphatic rings. The predicted molar refractivity (Wildman–Crippen MR) is 108 cm³/mol. The fraction of sp³-hybridized carbons (Fsp3) is 0.227. The van der Waals surface area contributed by atoms with Crippen LogP contribution in [0, 0.1) is 0 Å². The summed E-state index contributed by atoms with van der Waals surface area (Å²) in [4.78, 5) is 15.4. The quantitative estimate of drug-likeness (QED) is 0.478. The summed E-state index contributed by atoms with van der Waals surface area (Å²) in [5.74, 6) is 0. The second-order valence-corrected chi connectivity index (χ2v) is 8.95. The van der Waals surface area contributed by atoms with Crippen LogP contribution in [0.15, 0.2) is 72.3 Å². The number of para-hydroxylation sites is 1. The van der Waals surface area contributed by atoms with Crippen LogP contribution in [-0.2, 0) is 6.54 Å². The van der Waals surface area contributed by atoms with Crippen molar-refractivity contribution >= 4 is 35.0 Å². The second kappa shape index (κ2) is 7.63. The van der Waals surface area contributed by atoms with Gasteiger partial charge < -0.3 is 0 Å². The molecule has 0 aliphatic carbocycles. The molecular formula is C22H22N2OSe. The van der Waals surface area contributed by atoms with Crippen LogP contribution in [0.1, 0.15) is 16.9 Å². The van der Waals surface area contributed by atoms with Crippen LogP contribution in [0.3, 0.4) is 0 Å². The second-order valence-electron chi connectivity index (χ2n) is 6.75. The van der Waals surface area contributed by atoms with Crippen LogP contribution >= 0.6 is 0 Å². The molecule has 0 fully saturated rings. The van der Waals surface area contributed by atoms with E-state index >= 15 is 0 Å². The van der Waals surface area contributed by atoms with Gasteiger partial charge in [0.2, 0.25) is 0 Å². The van der Waals surface area contributed by atoms with E-state index in [4.69, 9.17) is 0 Å². The number of hydrogen-bond acceptors (Lipinski definition) is 2. The number of carbonyl (C=O) groups excluding carboxylic acids is 1. The van der Waals surface area contributed by atoms with Gasteiger partial charge in [0.25, 0.3) is 0 Å². The summed E-state index contributed by atoms with van der Waals surface area (Å²) < 4.78 is 3.59. The Kier molecular flexibility index (Phi) is 5.07. The summed E-state index contributed by atoms with van der Waals surface area (Å²) in [6.45, 7) is 2.89. The van der Waals surface area contributed by atoms with Crippen LogP contribution in [0.25, 0.3) is 10.9 Å². The van der Waals surface area contributed by atoms with Crippen molar-refractivity contribution in [2.75, 3.05) is 20.1 Å². The Hall–Kier alpha value is -2.13. The van der Waals surface area contributed by atoms with Gasteiger partial charge in [0.05, 0.1) is 0 Å². The molecule has 0 saturated heterocycles. The van der Waals surface area contributed by atoms with Gasteiger partial charge in [0.1, 0.15) is 0 Å². The van der Waals surface area contributed by atoms with Crippen molar-refractivity contribution in [2.45, 2.75) is 13.0 Å². The molecule has 0 bridgehead atoms.